The topological polar surface area (TPSA) is 46.6 Å². The van der Waals surface area contributed by atoms with Gasteiger partial charge in [0.25, 0.3) is 0 Å². The maximum atomic E-state index is 12.5. The number of hydrogen-bond donors (Lipinski definition) is 0. The molecule has 0 aromatic rings. The second kappa shape index (κ2) is 7.57. The summed E-state index contributed by atoms with van der Waals surface area (Å²) in [7, 11) is 3.88. The molecule has 4 heteroatoms. The monoisotopic (exact) mass is 367 g/mol. The fourth-order valence-corrected chi connectivity index (χ4v) is 5.67. The summed E-state index contributed by atoms with van der Waals surface area (Å²) >= 11 is 0. The van der Waals surface area contributed by atoms with Crippen LogP contribution in [0.3, 0.4) is 0 Å². The summed E-state index contributed by atoms with van der Waals surface area (Å²) in [5, 5.41) is 12.5. The summed E-state index contributed by atoms with van der Waals surface area (Å²) in [6.45, 7) is 0. The molecule has 4 unspecified atom stereocenters. The molecule has 0 N–H and O–H groups in total. The van der Waals surface area contributed by atoms with Crippen LogP contribution in [0.15, 0.2) is 47.4 Å². The zero-order chi connectivity index (χ0) is 19.0. The van der Waals surface area contributed by atoms with Crippen LogP contribution in [-0.2, 0) is 4.79 Å². The molecule has 4 nitrogen and oxygen atoms in total. The van der Waals surface area contributed by atoms with E-state index in [0.717, 1.165) is 36.8 Å². The van der Waals surface area contributed by atoms with Gasteiger partial charge in [-0.1, -0.05) is 56.1 Å². The molecular weight excluding hydrogens is 336 g/mol. The van der Waals surface area contributed by atoms with E-state index in [2.05, 4.69) is 0 Å². The van der Waals surface area contributed by atoms with E-state index in [-0.39, 0.29) is 11.8 Å². The number of likely N-dealkylation sites (tertiary alicyclic amines) is 1. The van der Waals surface area contributed by atoms with Gasteiger partial charge in [0.15, 0.2) is 0 Å². The highest BCUT2D eigenvalue weighted by atomic mass is 16.3. The van der Waals surface area contributed by atoms with Crippen LogP contribution in [0.2, 0.25) is 0 Å². The Balaban J connectivity index is 1.44. The lowest BCUT2D eigenvalue weighted by Gasteiger charge is -2.33. The van der Waals surface area contributed by atoms with Crippen LogP contribution in [0.1, 0.15) is 51.4 Å². The van der Waals surface area contributed by atoms with Crippen molar-refractivity contribution in [2.45, 2.75) is 63.5 Å². The average Bonchev–Trinajstić information content (AvgIpc) is 3.08. The summed E-state index contributed by atoms with van der Waals surface area (Å²) in [5.74, 6) is 1.17. The average molecular weight is 368 g/mol. The minimum Gasteiger partial charge on any atom is -0.860 e. The van der Waals surface area contributed by atoms with Gasteiger partial charge in [-0.15, -0.1) is 0 Å². The summed E-state index contributed by atoms with van der Waals surface area (Å²) in [6.07, 6.45) is 19.3. The number of rotatable bonds is 3. The van der Waals surface area contributed by atoms with Crippen molar-refractivity contribution in [2.75, 3.05) is 14.1 Å². The summed E-state index contributed by atoms with van der Waals surface area (Å²) in [4.78, 5) is 16.4. The van der Waals surface area contributed by atoms with Crippen LogP contribution in [0.4, 0.5) is 0 Å². The third-order valence-electron chi connectivity index (χ3n) is 7.16. The minimum absolute atomic E-state index is 0.188. The van der Waals surface area contributed by atoms with Crippen LogP contribution in [0, 0.1) is 11.8 Å². The smallest absolute Gasteiger partial charge is 0.250 e. The molecule has 4 atom stereocenters. The molecule has 4 rings (SSSR count). The number of allylic oxidation sites excluding steroid dienone is 5. The van der Waals surface area contributed by atoms with Gasteiger partial charge in [0.1, 0.15) is 0 Å². The zero-order valence-corrected chi connectivity index (χ0v) is 16.6. The van der Waals surface area contributed by atoms with Gasteiger partial charge in [-0.25, -0.2) is 0 Å². The fourth-order valence-electron chi connectivity index (χ4n) is 5.67. The summed E-state index contributed by atoms with van der Waals surface area (Å²) in [5.41, 5.74) is 1.92. The minimum atomic E-state index is 0.188. The lowest BCUT2D eigenvalue weighted by atomic mass is 9.82. The Morgan fingerprint density at radius 2 is 1.48 bits per heavy atom. The number of fused-ring (bicyclic) bond motifs is 2. The van der Waals surface area contributed by atoms with Crippen molar-refractivity contribution in [1.82, 2.24) is 9.80 Å². The number of carbonyl (C=O) groups is 1. The molecule has 0 bridgehead atoms. The van der Waals surface area contributed by atoms with Crippen LogP contribution in [-0.4, -0.2) is 41.9 Å². The lowest BCUT2D eigenvalue weighted by molar-refractivity contribution is -0.331. The predicted octanol–water partition coefficient (Wildman–Crippen LogP) is 3.13. The van der Waals surface area contributed by atoms with Crippen molar-refractivity contribution < 1.29 is 9.90 Å². The molecule has 0 radical (unpaired) electrons. The SMILES string of the molecule is CN1C(=O)C(=CC=CC=CC2=C([O-])N(C)C3CCCCC23)C2CCCCC21. The van der Waals surface area contributed by atoms with E-state index in [1.807, 2.05) is 54.3 Å². The van der Waals surface area contributed by atoms with Gasteiger partial charge in [-0.2, -0.15) is 0 Å². The number of likely N-dealkylation sites (N-methyl/N-ethyl adjacent to an activating group) is 1. The first-order chi connectivity index (χ1) is 13.1. The molecule has 3 fully saturated rings. The van der Waals surface area contributed by atoms with Crippen LogP contribution >= 0.6 is 0 Å². The number of nitrogens with zero attached hydrogens (tertiary/aromatic N) is 2. The van der Waals surface area contributed by atoms with Gasteiger partial charge in [0.2, 0.25) is 5.91 Å². The third-order valence-corrected chi connectivity index (χ3v) is 7.16. The Morgan fingerprint density at radius 3 is 2.22 bits per heavy atom. The highest BCUT2D eigenvalue weighted by Crippen LogP contribution is 2.41. The molecule has 4 aliphatic rings. The highest BCUT2D eigenvalue weighted by molar-refractivity contribution is 5.97. The van der Waals surface area contributed by atoms with E-state index < -0.39 is 0 Å². The fraction of sp³-hybridized carbons (Fsp3) is 0.609. The molecule has 146 valence electrons. The maximum absolute atomic E-state index is 12.5. The van der Waals surface area contributed by atoms with Crippen LogP contribution in [0.5, 0.6) is 0 Å². The Bertz CT molecular complexity index is 718. The van der Waals surface area contributed by atoms with Gasteiger partial charge < -0.3 is 14.9 Å². The molecule has 27 heavy (non-hydrogen) atoms. The van der Waals surface area contributed by atoms with E-state index in [9.17, 15) is 9.90 Å². The molecule has 0 aromatic heterocycles. The molecule has 1 saturated heterocycles. The van der Waals surface area contributed by atoms with Crippen molar-refractivity contribution in [3.8, 4) is 0 Å². The molecule has 0 aromatic carbocycles. The number of hydrogen-bond acceptors (Lipinski definition) is 3. The Hall–Kier alpha value is -1.97. The van der Waals surface area contributed by atoms with Gasteiger partial charge in [-0.05, 0) is 37.1 Å². The quantitative estimate of drug-likeness (QED) is 0.569. The van der Waals surface area contributed by atoms with Gasteiger partial charge >= 0.3 is 0 Å². The van der Waals surface area contributed by atoms with Crippen molar-refractivity contribution in [3.63, 3.8) is 0 Å². The molecule has 2 heterocycles. The molecular formula is C23H31N2O2-. The van der Waals surface area contributed by atoms with Crippen molar-refractivity contribution >= 4 is 5.91 Å². The molecule has 0 spiro atoms. The molecule has 2 aliphatic carbocycles. The van der Waals surface area contributed by atoms with Crippen LogP contribution < -0.4 is 5.11 Å². The van der Waals surface area contributed by atoms with E-state index in [4.69, 9.17) is 0 Å². The number of carbonyl (C=O) groups excluding carboxylic acids is 1. The van der Waals surface area contributed by atoms with Crippen molar-refractivity contribution in [3.05, 3.63) is 47.4 Å². The molecule has 2 aliphatic heterocycles. The largest absolute Gasteiger partial charge is 0.860 e. The first-order valence-electron chi connectivity index (χ1n) is 10.6. The first-order valence-corrected chi connectivity index (χ1v) is 10.6. The Morgan fingerprint density at radius 1 is 0.852 bits per heavy atom. The van der Waals surface area contributed by atoms with Crippen molar-refractivity contribution in [1.29, 1.82) is 0 Å². The van der Waals surface area contributed by atoms with Gasteiger partial charge in [0.05, 0.1) is 0 Å². The number of amides is 1. The summed E-state index contributed by atoms with van der Waals surface area (Å²) in [6, 6.07) is 0.791. The van der Waals surface area contributed by atoms with E-state index in [1.165, 1.54) is 25.7 Å². The standard InChI is InChI=1S/C23H32N2O2/c1-24-20-14-8-6-10-16(20)18(22(24)26)12-4-3-5-13-19-17-11-7-9-15-21(17)25(2)23(19)27/h3-5,12-13,16-17,20-21,26H,6-11,14-15H2,1-2H3/p-1. The Kier molecular flexibility index (Phi) is 5.16. The first kappa shape index (κ1) is 18.4. The third kappa shape index (κ3) is 3.24. The Labute approximate surface area is 162 Å². The van der Waals surface area contributed by atoms with E-state index in [0.29, 0.717) is 23.9 Å². The van der Waals surface area contributed by atoms with Gasteiger partial charge in [0, 0.05) is 43.6 Å². The van der Waals surface area contributed by atoms with E-state index in [1.54, 1.807) is 0 Å². The maximum Gasteiger partial charge on any atom is 0.250 e. The van der Waals surface area contributed by atoms with Crippen LogP contribution in [0.25, 0.3) is 0 Å². The second-order valence-electron chi connectivity index (χ2n) is 8.57. The second-order valence-corrected chi connectivity index (χ2v) is 8.57. The van der Waals surface area contributed by atoms with Gasteiger partial charge in [-0.3, -0.25) is 4.79 Å². The highest BCUT2D eigenvalue weighted by Gasteiger charge is 2.42. The van der Waals surface area contributed by atoms with Crippen molar-refractivity contribution in [2.24, 2.45) is 11.8 Å². The summed E-state index contributed by atoms with van der Waals surface area (Å²) < 4.78 is 0. The molecule has 1 amide bonds. The lowest BCUT2D eigenvalue weighted by Crippen LogP contribution is -2.35. The molecule has 2 saturated carbocycles. The van der Waals surface area contributed by atoms with E-state index >= 15 is 0 Å². The normalized spacial score (nSPS) is 35.8. The predicted molar refractivity (Wildman–Crippen MR) is 105 cm³/mol. The zero-order valence-electron chi connectivity index (χ0n) is 16.6.